The lowest BCUT2D eigenvalue weighted by Crippen LogP contribution is -1.87. The van der Waals surface area contributed by atoms with Crippen LogP contribution in [-0.4, -0.2) is 0 Å². The van der Waals surface area contributed by atoms with Gasteiger partial charge in [-0.25, -0.2) is 0 Å². The van der Waals surface area contributed by atoms with Crippen molar-refractivity contribution >= 4 is 35.8 Å². The summed E-state index contributed by atoms with van der Waals surface area (Å²) in [7, 11) is 0. The zero-order valence-electron chi connectivity index (χ0n) is 6.56. The Morgan fingerprint density at radius 2 is 1.33 bits per heavy atom. The molecule has 0 spiro atoms. The number of rotatable bonds is 3. The van der Waals surface area contributed by atoms with Crippen molar-refractivity contribution in [2.75, 3.05) is 0 Å². The highest BCUT2D eigenvalue weighted by molar-refractivity contribution is 7.79. The van der Waals surface area contributed by atoms with E-state index in [0.717, 1.165) is 16.9 Å². The summed E-state index contributed by atoms with van der Waals surface area (Å²) in [5.74, 6) is 1.80. The molecule has 0 radical (unpaired) electrons. The molecule has 0 amide bonds. The average Bonchev–Trinajstić information content (AvgIpc) is 2.16. The molecule has 0 aliphatic rings. The molecule has 1 aromatic carbocycles. The first-order chi connectivity index (χ1) is 5.80. The summed E-state index contributed by atoms with van der Waals surface area (Å²) >= 11 is 15.6. The van der Waals surface area contributed by atoms with E-state index >= 15 is 0 Å². The van der Waals surface area contributed by atoms with E-state index in [1.165, 1.54) is 5.56 Å². The summed E-state index contributed by atoms with van der Waals surface area (Å²) < 4.78 is 0. The number of hydrogen-bond donors (Lipinski definition) is 1. The smallest absolute Gasteiger partial charge is 0.0474 e. The van der Waals surface area contributed by atoms with Crippen LogP contribution in [0.5, 0.6) is 0 Å². The molecule has 0 bridgehead atoms. The van der Waals surface area contributed by atoms with E-state index in [0.29, 0.717) is 11.8 Å². The number of halogens is 2. The Bertz CT molecular complexity index is 205. The van der Waals surface area contributed by atoms with Gasteiger partial charge in [-0.15, -0.1) is 23.2 Å². The molecule has 1 rings (SSSR count). The van der Waals surface area contributed by atoms with Crippen LogP contribution >= 0.6 is 35.8 Å². The molecule has 0 saturated carbocycles. The topological polar surface area (TPSA) is 0 Å². The molecule has 0 N–H and O–H groups in total. The summed E-state index contributed by atoms with van der Waals surface area (Å²) in [6.07, 6.45) is 0. The molecule has 66 valence electrons. The second-order valence-corrected chi connectivity index (χ2v) is 3.43. The third kappa shape index (κ3) is 2.58. The van der Waals surface area contributed by atoms with Crippen molar-refractivity contribution in [3.05, 3.63) is 34.9 Å². The van der Waals surface area contributed by atoms with Crippen molar-refractivity contribution in [2.45, 2.75) is 17.5 Å². The van der Waals surface area contributed by atoms with Crippen molar-refractivity contribution in [1.82, 2.24) is 0 Å². The fourth-order valence-corrected chi connectivity index (χ4v) is 1.58. The molecular formula is C9H10Cl2S. The Hall–Kier alpha value is 0.150. The van der Waals surface area contributed by atoms with E-state index in [-0.39, 0.29) is 0 Å². The van der Waals surface area contributed by atoms with Gasteiger partial charge in [-0.1, -0.05) is 18.2 Å². The van der Waals surface area contributed by atoms with E-state index in [1.54, 1.807) is 0 Å². The van der Waals surface area contributed by atoms with Gasteiger partial charge < -0.3 is 0 Å². The fourth-order valence-electron chi connectivity index (χ4n) is 1.08. The molecule has 1 aromatic rings. The van der Waals surface area contributed by atoms with Crippen LogP contribution in [0.4, 0.5) is 0 Å². The van der Waals surface area contributed by atoms with E-state index in [9.17, 15) is 0 Å². The van der Waals surface area contributed by atoms with Crippen LogP contribution in [-0.2, 0) is 17.5 Å². The van der Waals surface area contributed by atoms with Crippen molar-refractivity contribution < 1.29 is 0 Å². The maximum atomic E-state index is 5.72. The zero-order chi connectivity index (χ0) is 8.97. The van der Waals surface area contributed by atoms with E-state index in [1.807, 2.05) is 6.07 Å². The SMILES string of the molecule is SCc1cc(CCl)cc(CCl)c1. The van der Waals surface area contributed by atoms with Gasteiger partial charge in [0.1, 0.15) is 0 Å². The lowest BCUT2D eigenvalue weighted by Gasteiger charge is -2.03. The summed E-state index contributed by atoms with van der Waals surface area (Å²) in [5.41, 5.74) is 3.39. The molecule has 0 saturated heterocycles. The first-order valence-electron chi connectivity index (χ1n) is 3.64. The Balaban J connectivity index is 3.01. The van der Waals surface area contributed by atoms with Crippen LogP contribution in [0.2, 0.25) is 0 Å². The first kappa shape index (κ1) is 10.2. The van der Waals surface area contributed by atoms with Gasteiger partial charge in [0.15, 0.2) is 0 Å². The van der Waals surface area contributed by atoms with Crippen LogP contribution in [0.15, 0.2) is 18.2 Å². The summed E-state index contributed by atoms with van der Waals surface area (Å²) in [6.45, 7) is 0. The summed E-state index contributed by atoms with van der Waals surface area (Å²) in [4.78, 5) is 0. The summed E-state index contributed by atoms with van der Waals surface area (Å²) in [5, 5.41) is 0. The molecule has 12 heavy (non-hydrogen) atoms. The Kier molecular flexibility index (Phi) is 4.27. The molecule has 0 heterocycles. The molecule has 0 atom stereocenters. The van der Waals surface area contributed by atoms with Crippen molar-refractivity contribution in [2.24, 2.45) is 0 Å². The van der Waals surface area contributed by atoms with Gasteiger partial charge in [0, 0.05) is 17.5 Å². The van der Waals surface area contributed by atoms with Crippen LogP contribution < -0.4 is 0 Å². The van der Waals surface area contributed by atoms with Crippen LogP contribution in [0, 0.1) is 0 Å². The Labute approximate surface area is 88.3 Å². The third-order valence-corrected chi connectivity index (χ3v) is 2.59. The van der Waals surface area contributed by atoms with Gasteiger partial charge in [0.2, 0.25) is 0 Å². The average molecular weight is 221 g/mol. The number of thiol groups is 1. The van der Waals surface area contributed by atoms with Gasteiger partial charge in [0.25, 0.3) is 0 Å². The van der Waals surface area contributed by atoms with Gasteiger partial charge in [0.05, 0.1) is 0 Å². The van der Waals surface area contributed by atoms with Gasteiger partial charge in [-0.3, -0.25) is 0 Å². The predicted octanol–water partition coefficient (Wildman–Crippen LogP) is 3.59. The largest absolute Gasteiger partial charge is 0.175 e. The minimum Gasteiger partial charge on any atom is -0.175 e. The molecule has 0 unspecified atom stereocenters. The van der Waals surface area contributed by atoms with E-state index in [2.05, 4.69) is 24.8 Å². The molecule has 0 aliphatic carbocycles. The highest BCUT2D eigenvalue weighted by Gasteiger charge is 1.98. The summed E-state index contributed by atoms with van der Waals surface area (Å²) in [6, 6.07) is 6.12. The maximum Gasteiger partial charge on any atom is 0.0474 e. The number of benzene rings is 1. The highest BCUT2D eigenvalue weighted by atomic mass is 35.5. The van der Waals surface area contributed by atoms with Crippen LogP contribution in [0.1, 0.15) is 16.7 Å². The van der Waals surface area contributed by atoms with E-state index < -0.39 is 0 Å². The normalized spacial score (nSPS) is 10.2. The highest BCUT2D eigenvalue weighted by Crippen LogP contribution is 2.15. The standard InChI is InChI=1S/C9H10Cl2S/c10-4-7-1-8(5-11)3-9(2-7)6-12/h1-3,12H,4-6H2. The second kappa shape index (κ2) is 5.00. The monoisotopic (exact) mass is 220 g/mol. The predicted molar refractivity (Wildman–Crippen MR) is 58.2 cm³/mol. The minimum absolute atomic E-state index is 0.533. The Morgan fingerprint density at radius 3 is 1.67 bits per heavy atom. The third-order valence-electron chi connectivity index (χ3n) is 1.60. The van der Waals surface area contributed by atoms with Crippen molar-refractivity contribution in [3.8, 4) is 0 Å². The first-order valence-corrected chi connectivity index (χ1v) is 5.34. The Morgan fingerprint density at radius 1 is 0.917 bits per heavy atom. The van der Waals surface area contributed by atoms with E-state index in [4.69, 9.17) is 23.2 Å². The molecule has 0 fully saturated rings. The number of hydrogen-bond acceptors (Lipinski definition) is 1. The fraction of sp³-hybridized carbons (Fsp3) is 0.333. The lowest BCUT2D eigenvalue weighted by atomic mass is 10.1. The minimum atomic E-state index is 0.533. The van der Waals surface area contributed by atoms with Gasteiger partial charge >= 0.3 is 0 Å². The number of alkyl halides is 2. The van der Waals surface area contributed by atoms with Crippen LogP contribution in [0.3, 0.4) is 0 Å². The second-order valence-electron chi connectivity index (χ2n) is 2.58. The maximum absolute atomic E-state index is 5.72. The van der Waals surface area contributed by atoms with Crippen molar-refractivity contribution in [3.63, 3.8) is 0 Å². The molecule has 0 nitrogen and oxygen atoms in total. The van der Waals surface area contributed by atoms with Gasteiger partial charge in [-0.2, -0.15) is 12.6 Å². The molecule has 0 aliphatic heterocycles. The quantitative estimate of drug-likeness (QED) is 0.585. The van der Waals surface area contributed by atoms with Crippen molar-refractivity contribution in [1.29, 1.82) is 0 Å². The lowest BCUT2D eigenvalue weighted by molar-refractivity contribution is 1.26. The molecule has 3 heteroatoms. The van der Waals surface area contributed by atoms with Crippen LogP contribution in [0.25, 0.3) is 0 Å². The zero-order valence-corrected chi connectivity index (χ0v) is 8.96. The molecule has 0 aromatic heterocycles. The van der Waals surface area contributed by atoms with Gasteiger partial charge in [-0.05, 0) is 16.7 Å². The molecular weight excluding hydrogens is 211 g/mol.